The first-order chi connectivity index (χ1) is 8.39. The van der Waals surface area contributed by atoms with Crippen LogP contribution in [0.25, 0.3) is 0 Å². The van der Waals surface area contributed by atoms with E-state index < -0.39 is 15.3 Å². The zero-order chi connectivity index (χ0) is 13.8. The SMILES string of the molecule is CC(C)CCN(C1CCCC1)S(=O)(=O)C(C)CN. The molecule has 0 aromatic heterocycles. The van der Waals surface area contributed by atoms with Crippen LogP contribution in [0.15, 0.2) is 0 Å². The monoisotopic (exact) mass is 276 g/mol. The van der Waals surface area contributed by atoms with E-state index in [0.717, 1.165) is 32.1 Å². The minimum absolute atomic E-state index is 0.202. The maximum atomic E-state index is 12.5. The van der Waals surface area contributed by atoms with Crippen LogP contribution in [-0.2, 0) is 10.0 Å². The molecule has 108 valence electrons. The molecule has 0 amide bonds. The van der Waals surface area contributed by atoms with Gasteiger partial charge in [-0.3, -0.25) is 0 Å². The lowest BCUT2D eigenvalue weighted by molar-refractivity contribution is 0.301. The summed E-state index contributed by atoms with van der Waals surface area (Å²) in [5.41, 5.74) is 5.54. The largest absolute Gasteiger partial charge is 0.329 e. The van der Waals surface area contributed by atoms with E-state index in [0.29, 0.717) is 12.5 Å². The molecule has 0 aromatic rings. The Hall–Kier alpha value is -0.130. The van der Waals surface area contributed by atoms with Crippen LogP contribution in [-0.4, -0.2) is 37.1 Å². The molecular weight excluding hydrogens is 248 g/mol. The van der Waals surface area contributed by atoms with Crippen molar-refractivity contribution < 1.29 is 8.42 Å². The molecule has 0 aromatic carbocycles. The van der Waals surface area contributed by atoms with E-state index in [-0.39, 0.29) is 12.6 Å². The molecule has 2 N–H and O–H groups in total. The fourth-order valence-electron chi connectivity index (χ4n) is 2.45. The van der Waals surface area contributed by atoms with E-state index in [4.69, 9.17) is 5.73 Å². The normalized spacial score (nSPS) is 19.9. The van der Waals surface area contributed by atoms with Crippen molar-refractivity contribution in [1.29, 1.82) is 0 Å². The highest BCUT2D eigenvalue weighted by molar-refractivity contribution is 7.89. The van der Waals surface area contributed by atoms with Crippen molar-refractivity contribution in [2.24, 2.45) is 11.7 Å². The van der Waals surface area contributed by atoms with Gasteiger partial charge in [-0.15, -0.1) is 0 Å². The van der Waals surface area contributed by atoms with E-state index in [2.05, 4.69) is 13.8 Å². The predicted molar refractivity (Wildman–Crippen MR) is 75.9 cm³/mol. The molecule has 5 heteroatoms. The highest BCUT2D eigenvalue weighted by Crippen LogP contribution is 2.27. The Morgan fingerprint density at radius 1 is 1.22 bits per heavy atom. The third-order valence-corrected chi connectivity index (χ3v) is 6.17. The summed E-state index contributed by atoms with van der Waals surface area (Å²) in [6, 6.07) is 0.211. The van der Waals surface area contributed by atoms with Crippen LogP contribution in [0, 0.1) is 5.92 Å². The van der Waals surface area contributed by atoms with Crippen molar-refractivity contribution >= 4 is 10.0 Å². The first kappa shape index (κ1) is 15.9. The van der Waals surface area contributed by atoms with Gasteiger partial charge in [0.1, 0.15) is 0 Å². The van der Waals surface area contributed by atoms with Gasteiger partial charge >= 0.3 is 0 Å². The van der Waals surface area contributed by atoms with Crippen LogP contribution < -0.4 is 5.73 Å². The van der Waals surface area contributed by atoms with Crippen molar-refractivity contribution in [2.45, 2.75) is 64.2 Å². The van der Waals surface area contributed by atoms with E-state index in [9.17, 15) is 8.42 Å². The summed E-state index contributed by atoms with van der Waals surface area (Å²) in [7, 11) is -3.22. The van der Waals surface area contributed by atoms with Crippen molar-refractivity contribution in [3.63, 3.8) is 0 Å². The van der Waals surface area contributed by atoms with Gasteiger partial charge in [0, 0.05) is 19.1 Å². The van der Waals surface area contributed by atoms with Crippen LogP contribution in [0.5, 0.6) is 0 Å². The van der Waals surface area contributed by atoms with Crippen LogP contribution in [0.2, 0.25) is 0 Å². The molecular formula is C13H28N2O2S. The fraction of sp³-hybridized carbons (Fsp3) is 1.00. The minimum atomic E-state index is -3.22. The zero-order valence-electron chi connectivity index (χ0n) is 11.9. The van der Waals surface area contributed by atoms with E-state index in [1.165, 1.54) is 0 Å². The summed E-state index contributed by atoms with van der Waals surface area (Å²) in [5, 5.41) is -0.467. The van der Waals surface area contributed by atoms with Gasteiger partial charge in [0.2, 0.25) is 10.0 Å². The summed E-state index contributed by atoms with van der Waals surface area (Å²) < 4.78 is 26.8. The zero-order valence-corrected chi connectivity index (χ0v) is 12.7. The van der Waals surface area contributed by atoms with Crippen molar-refractivity contribution in [2.75, 3.05) is 13.1 Å². The summed E-state index contributed by atoms with van der Waals surface area (Å²) in [4.78, 5) is 0. The molecule has 0 bridgehead atoms. The maximum Gasteiger partial charge on any atom is 0.218 e. The molecule has 1 rings (SSSR count). The van der Waals surface area contributed by atoms with Crippen molar-refractivity contribution in [3.05, 3.63) is 0 Å². The van der Waals surface area contributed by atoms with Crippen LogP contribution >= 0.6 is 0 Å². The molecule has 1 fully saturated rings. The Labute approximate surface area is 112 Å². The molecule has 1 aliphatic rings. The molecule has 1 saturated carbocycles. The van der Waals surface area contributed by atoms with Gasteiger partial charge in [0.05, 0.1) is 5.25 Å². The number of rotatable bonds is 7. The molecule has 1 unspecified atom stereocenters. The van der Waals surface area contributed by atoms with Gasteiger partial charge in [0.15, 0.2) is 0 Å². The molecule has 0 radical (unpaired) electrons. The lowest BCUT2D eigenvalue weighted by atomic mass is 10.1. The number of nitrogens with two attached hydrogens (primary N) is 1. The lowest BCUT2D eigenvalue weighted by Crippen LogP contribution is -2.46. The van der Waals surface area contributed by atoms with Gasteiger partial charge < -0.3 is 5.73 Å². The Morgan fingerprint density at radius 3 is 2.22 bits per heavy atom. The van der Waals surface area contributed by atoms with Gasteiger partial charge in [0.25, 0.3) is 0 Å². The second kappa shape index (κ2) is 6.87. The van der Waals surface area contributed by atoms with E-state index >= 15 is 0 Å². The highest BCUT2D eigenvalue weighted by Gasteiger charge is 2.34. The Kier molecular flexibility index (Phi) is 6.08. The predicted octanol–water partition coefficient (Wildman–Crippen LogP) is 1.95. The summed E-state index contributed by atoms with van der Waals surface area (Å²) in [5.74, 6) is 0.525. The second-order valence-corrected chi connectivity index (χ2v) is 8.13. The standard InChI is InChI=1S/C13H28N2O2S/c1-11(2)8-9-15(13-6-4-5-7-13)18(16,17)12(3)10-14/h11-13H,4-10,14H2,1-3H3. The molecule has 1 atom stereocenters. The fourth-order valence-corrected chi connectivity index (χ4v) is 4.14. The maximum absolute atomic E-state index is 12.5. The van der Waals surface area contributed by atoms with Gasteiger partial charge in [-0.25, -0.2) is 8.42 Å². The topological polar surface area (TPSA) is 63.4 Å². The average molecular weight is 276 g/mol. The van der Waals surface area contributed by atoms with E-state index in [1.807, 2.05) is 0 Å². The summed E-state index contributed by atoms with van der Waals surface area (Å²) >= 11 is 0. The molecule has 18 heavy (non-hydrogen) atoms. The highest BCUT2D eigenvalue weighted by atomic mass is 32.2. The quantitative estimate of drug-likeness (QED) is 0.773. The molecule has 1 aliphatic carbocycles. The minimum Gasteiger partial charge on any atom is -0.329 e. The second-order valence-electron chi connectivity index (χ2n) is 5.82. The van der Waals surface area contributed by atoms with Crippen LogP contribution in [0.3, 0.4) is 0 Å². The molecule has 0 spiro atoms. The molecule has 0 aliphatic heterocycles. The number of hydrogen-bond acceptors (Lipinski definition) is 3. The third-order valence-electron chi connectivity index (χ3n) is 3.83. The Bertz CT molecular complexity index is 335. The van der Waals surface area contributed by atoms with Gasteiger partial charge in [-0.1, -0.05) is 26.7 Å². The van der Waals surface area contributed by atoms with Crippen molar-refractivity contribution in [1.82, 2.24) is 4.31 Å². The van der Waals surface area contributed by atoms with E-state index in [1.54, 1.807) is 11.2 Å². The van der Waals surface area contributed by atoms with Crippen molar-refractivity contribution in [3.8, 4) is 0 Å². The number of nitrogens with zero attached hydrogens (tertiary/aromatic N) is 1. The van der Waals surface area contributed by atoms with Gasteiger partial charge in [-0.2, -0.15) is 4.31 Å². The lowest BCUT2D eigenvalue weighted by Gasteiger charge is -2.31. The number of hydrogen-bond donors (Lipinski definition) is 1. The van der Waals surface area contributed by atoms with Crippen LogP contribution in [0.4, 0.5) is 0 Å². The summed E-state index contributed by atoms with van der Waals surface area (Å²) in [6.07, 6.45) is 5.24. The van der Waals surface area contributed by atoms with Crippen LogP contribution in [0.1, 0.15) is 52.9 Å². The summed E-state index contributed by atoms with van der Waals surface area (Å²) in [6.45, 7) is 6.83. The smallest absolute Gasteiger partial charge is 0.218 e. The Morgan fingerprint density at radius 2 is 1.78 bits per heavy atom. The average Bonchev–Trinajstić information content (AvgIpc) is 2.80. The number of sulfonamides is 1. The molecule has 0 heterocycles. The van der Waals surface area contributed by atoms with Gasteiger partial charge in [-0.05, 0) is 32.1 Å². The first-order valence-corrected chi connectivity index (χ1v) is 8.60. The Balaban J connectivity index is 2.81. The first-order valence-electron chi connectivity index (χ1n) is 7.10. The molecule has 4 nitrogen and oxygen atoms in total. The third kappa shape index (κ3) is 3.93. The molecule has 0 saturated heterocycles.